The smallest absolute Gasteiger partial charge is 0.243 e. The van der Waals surface area contributed by atoms with E-state index in [9.17, 15) is 8.42 Å². The Morgan fingerprint density at radius 1 is 1.42 bits per heavy atom. The highest BCUT2D eigenvalue weighted by molar-refractivity contribution is 7.89. The van der Waals surface area contributed by atoms with E-state index < -0.39 is 10.0 Å². The van der Waals surface area contributed by atoms with E-state index in [1.54, 1.807) is 13.8 Å². The summed E-state index contributed by atoms with van der Waals surface area (Å²) in [5.41, 5.74) is 1.36. The first-order valence-corrected chi connectivity index (χ1v) is 7.29. The summed E-state index contributed by atoms with van der Waals surface area (Å²) in [6, 6.07) is 1.42. The molecule has 0 saturated heterocycles. The molecule has 1 N–H and O–H groups in total. The molecule has 0 fully saturated rings. The number of aryl methyl sites for hydroxylation is 2. The van der Waals surface area contributed by atoms with Crippen LogP contribution >= 0.6 is 11.6 Å². The topological polar surface area (TPSA) is 85.1 Å². The molecule has 2 aromatic heterocycles. The van der Waals surface area contributed by atoms with E-state index in [1.807, 2.05) is 0 Å². The van der Waals surface area contributed by atoms with Crippen molar-refractivity contribution in [3.63, 3.8) is 0 Å². The summed E-state index contributed by atoms with van der Waals surface area (Å²) in [7, 11) is -3.71. The third kappa shape index (κ3) is 2.94. The van der Waals surface area contributed by atoms with Crippen LogP contribution < -0.4 is 4.72 Å². The number of halogens is 1. The molecule has 0 unspecified atom stereocenters. The van der Waals surface area contributed by atoms with Gasteiger partial charge in [0.1, 0.15) is 10.7 Å². The normalized spacial score (nSPS) is 11.7. The molecular formula is C11H12ClN3O3S. The molecule has 0 atom stereocenters. The fourth-order valence-corrected chi connectivity index (χ4v) is 2.98. The Balaban J connectivity index is 2.22. The van der Waals surface area contributed by atoms with Gasteiger partial charge in [-0.1, -0.05) is 16.8 Å². The van der Waals surface area contributed by atoms with Gasteiger partial charge >= 0.3 is 0 Å². The maximum atomic E-state index is 12.1. The van der Waals surface area contributed by atoms with Crippen LogP contribution in [0.15, 0.2) is 27.9 Å². The molecule has 102 valence electrons. The molecular weight excluding hydrogens is 290 g/mol. The van der Waals surface area contributed by atoms with Crippen LogP contribution in [0.4, 0.5) is 0 Å². The molecule has 0 saturated carbocycles. The number of pyridine rings is 1. The van der Waals surface area contributed by atoms with Crippen molar-refractivity contribution in [3.8, 4) is 0 Å². The Labute approximate surface area is 115 Å². The zero-order chi connectivity index (χ0) is 14.0. The highest BCUT2D eigenvalue weighted by Gasteiger charge is 2.19. The molecule has 0 aliphatic carbocycles. The van der Waals surface area contributed by atoms with E-state index in [1.165, 1.54) is 18.5 Å². The first-order valence-electron chi connectivity index (χ1n) is 5.43. The van der Waals surface area contributed by atoms with Gasteiger partial charge in [0.05, 0.1) is 10.7 Å². The van der Waals surface area contributed by atoms with Crippen LogP contribution in [0.3, 0.4) is 0 Å². The molecule has 0 spiro atoms. The molecule has 6 nitrogen and oxygen atoms in total. The van der Waals surface area contributed by atoms with E-state index in [-0.39, 0.29) is 16.5 Å². The Bertz CT molecular complexity index is 677. The first kappa shape index (κ1) is 14.0. The first-order chi connectivity index (χ1) is 8.92. The van der Waals surface area contributed by atoms with Crippen LogP contribution in [-0.4, -0.2) is 18.6 Å². The van der Waals surface area contributed by atoms with E-state index in [4.69, 9.17) is 16.1 Å². The number of hydrogen-bond acceptors (Lipinski definition) is 5. The second-order valence-electron chi connectivity index (χ2n) is 3.93. The summed E-state index contributed by atoms with van der Waals surface area (Å²) >= 11 is 5.84. The molecule has 0 radical (unpaired) electrons. The highest BCUT2D eigenvalue weighted by Crippen LogP contribution is 2.20. The van der Waals surface area contributed by atoms with Gasteiger partial charge in [-0.2, -0.15) is 0 Å². The maximum Gasteiger partial charge on any atom is 0.243 e. The van der Waals surface area contributed by atoms with Crippen LogP contribution in [0.5, 0.6) is 0 Å². The van der Waals surface area contributed by atoms with Crippen molar-refractivity contribution in [2.45, 2.75) is 25.3 Å². The van der Waals surface area contributed by atoms with Crippen LogP contribution in [-0.2, 0) is 16.6 Å². The van der Waals surface area contributed by atoms with Gasteiger partial charge in [-0.05, 0) is 19.9 Å². The number of hydrogen-bond donors (Lipinski definition) is 1. The predicted molar refractivity (Wildman–Crippen MR) is 69.2 cm³/mol. The molecule has 8 heteroatoms. The average Bonchev–Trinajstić information content (AvgIpc) is 2.67. The van der Waals surface area contributed by atoms with E-state index in [2.05, 4.69) is 14.9 Å². The van der Waals surface area contributed by atoms with Gasteiger partial charge in [0.25, 0.3) is 0 Å². The molecule has 0 aromatic carbocycles. The lowest BCUT2D eigenvalue weighted by atomic mass is 10.2. The lowest BCUT2D eigenvalue weighted by Gasteiger charge is -2.07. The molecule has 0 bridgehead atoms. The van der Waals surface area contributed by atoms with Gasteiger partial charge in [0.2, 0.25) is 10.0 Å². The average molecular weight is 302 g/mol. The zero-order valence-corrected chi connectivity index (χ0v) is 11.9. The Morgan fingerprint density at radius 2 is 2.16 bits per heavy atom. The Kier molecular flexibility index (Phi) is 3.88. The van der Waals surface area contributed by atoms with Crippen LogP contribution in [0.1, 0.15) is 17.0 Å². The van der Waals surface area contributed by atoms with Crippen molar-refractivity contribution < 1.29 is 12.9 Å². The molecule has 0 aliphatic heterocycles. The van der Waals surface area contributed by atoms with Gasteiger partial charge < -0.3 is 4.52 Å². The number of aromatic nitrogens is 2. The monoisotopic (exact) mass is 301 g/mol. The highest BCUT2D eigenvalue weighted by atomic mass is 35.5. The summed E-state index contributed by atoms with van der Waals surface area (Å²) in [6.45, 7) is 3.56. The van der Waals surface area contributed by atoms with E-state index >= 15 is 0 Å². The number of nitrogens with one attached hydrogen (secondary N) is 1. The third-order valence-electron chi connectivity index (χ3n) is 2.64. The van der Waals surface area contributed by atoms with Gasteiger partial charge in [0.15, 0.2) is 0 Å². The molecule has 2 aromatic rings. The number of nitrogens with zero attached hydrogens (tertiary/aromatic N) is 2. The van der Waals surface area contributed by atoms with Gasteiger partial charge in [-0.25, -0.2) is 13.1 Å². The number of sulfonamides is 1. The van der Waals surface area contributed by atoms with Crippen molar-refractivity contribution in [3.05, 3.63) is 40.5 Å². The van der Waals surface area contributed by atoms with E-state index in [0.29, 0.717) is 17.0 Å². The minimum Gasteiger partial charge on any atom is -0.361 e. The molecule has 0 amide bonds. The minimum atomic E-state index is -3.71. The van der Waals surface area contributed by atoms with Crippen LogP contribution in [0.2, 0.25) is 5.02 Å². The minimum absolute atomic E-state index is 0.0524. The van der Waals surface area contributed by atoms with Crippen molar-refractivity contribution in [2.24, 2.45) is 0 Å². The largest absolute Gasteiger partial charge is 0.361 e. The molecule has 2 heterocycles. The predicted octanol–water partition coefficient (Wildman–Crippen LogP) is 1.82. The summed E-state index contributed by atoms with van der Waals surface area (Å²) in [6.07, 6.45) is 2.63. The molecule has 19 heavy (non-hydrogen) atoms. The maximum absolute atomic E-state index is 12.1. The lowest BCUT2D eigenvalue weighted by Crippen LogP contribution is -2.24. The van der Waals surface area contributed by atoms with Crippen molar-refractivity contribution in [1.82, 2.24) is 14.9 Å². The van der Waals surface area contributed by atoms with E-state index in [0.717, 1.165) is 0 Å². The lowest BCUT2D eigenvalue weighted by molar-refractivity contribution is 0.392. The summed E-state index contributed by atoms with van der Waals surface area (Å²) in [5, 5.41) is 3.89. The molecule has 2 rings (SSSR count). The fourth-order valence-electron chi connectivity index (χ4n) is 1.56. The van der Waals surface area contributed by atoms with Crippen molar-refractivity contribution in [1.29, 1.82) is 0 Å². The van der Waals surface area contributed by atoms with Crippen molar-refractivity contribution >= 4 is 21.6 Å². The Morgan fingerprint density at radius 3 is 2.74 bits per heavy atom. The molecule has 0 aliphatic rings. The standard InChI is InChI=1S/C11H12ClN3O3S/c1-7-9(8(2)18-15-7)5-14-19(16,17)11-6-13-4-3-10(11)12/h3-4,6,14H,5H2,1-2H3. The van der Waals surface area contributed by atoms with Gasteiger partial charge in [0, 0.05) is 24.5 Å². The van der Waals surface area contributed by atoms with Crippen molar-refractivity contribution in [2.75, 3.05) is 0 Å². The third-order valence-corrected chi connectivity index (χ3v) is 4.51. The zero-order valence-electron chi connectivity index (χ0n) is 10.3. The summed E-state index contributed by atoms with van der Waals surface area (Å²) < 4.78 is 31.6. The Hall–Kier alpha value is -1.44. The second-order valence-corrected chi connectivity index (χ2v) is 6.08. The summed E-state index contributed by atoms with van der Waals surface area (Å²) in [4.78, 5) is 3.71. The summed E-state index contributed by atoms with van der Waals surface area (Å²) in [5.74, 6) is 0.581. The van der Waals surface area contributed by atoms with Crippen LogP contribution in [0, 0.1) is 13.8 Å². The van der Waals surface area contributed by atoms with Gasteiger partial charge in [-0.3, -0.25) is 4.98 Å². The van der Waals surface area contributed by atoms with Crippen LogP contribution in [0.25, 0.3) is 0 Å². The number of rotatable bonds is 4. The fraction of sp³-hybridized carbons (Fsp3) is 0.273. The SMILES string of the molecule is Cc1noc(C)c1CNS(=O)(=O)c1cnccc1Cl. The second kappa shape index (κ2) is 5.28. The van der Waals surface area contributed by atoms with Gasteiger partial charge in [-0.15, -0.1) is 0 Å². The quantitative estimate of drug-likeness (QED) is 0.931.